The third-order valence-electron chi connectivity index (χ3n) is 4.63. The zero-order valence-electron chi connectivity index (χ0n) is 15.7. The molecule has 1 N–H and O–H groups in total. The molecule has 0 atom stereocenters. The van der Waals surface area contributed by atoms with E-state index >= 15 is 0 Å². The van der Waals surface area contributed by atoms with Gasteiger partial charge >= 0.3 is 6.01 Å². The number of carbonyl (C=O) groups is 2. The van der Waals surface area contributed by atoms with Gasteiger partial charge in [-0.25, -0.2) is 9.97 Å². The summed E-state index contributed by atoms with van der Waals surface area (Å²) in [6.45, 7) is 1.61. The standard InChI is InChI=1S/C22H20N4O3/c27-20(17-14-23-22(24-15-17)29-19-6-2-1-3-7-19)25-18-10-8-16(9-11-18)21(28)26-12-4-5-13-26/h1-3,6-11,14-15H,4-5,12-13H2,(H,25,27). The summed E-state index contributed by atoms with van der Waals surface area (Å²) in [5.74, 6) is 0.311. The summed E-state index contributed by atoms with van der Waals surface area (Å²) < 4.78 is 5.52. The van der Waals surface area contributed by atoms with Crippen LogP contribution in [-0.2, 0) is 0 Å². The summed E-state index contributed by atoms with van der Waals surface area (Å²) >= 11 is 0. The van der Waals surface area contributed by atoms with Gasteiger partial charge in [0.05, 0.1) is 5.56 Å². The van der Waals surface area contributed by atoms with E-state index in [2.05, 4.69) is 15.3 Å². The van der Waals surface area contributed by atoms with Gasteiger partial charge in [-0.15, -0.1) is 0 Å². The highest BCUT2D eigenvalue weighted by Gasteiger charge is 2.19. The van der Waals surface area contributed by atoms with Crippen molar-refractivity contribution in [2.45, 2.75) is 12.8 Å². The van der Waals surface area contributed by atoms with Gasteiger partial charge in [0.15, 0.2) is 0 Å². The number of carbonyl (C=O) groups excluding carboxylic acids is 2. The van der Waals surface area contributed by atoms with Crippen LogP contribution in [0.4, 0.5) is 5.69 Å². The molecule has 0 spiro atoms. The van der Waals surface area contributed by atoms with Gasteiger partial charge in [0, 0.05) is 36.7 Å². The molecule has 1 aliphatic heterocycles. The topological polar surface area (TPSA) is 84.4 Å². The summed E-state index contributed by atoms with van der Waals surface area (Å²) in [6.07, 6.45) is 4.92. The van der Waals surface area contributed by atoms with Crippen molar-refractivity contribution in [1.82, 2.24) is 14.9 Å². The lowest BCUT2D eigenvalue weighted by Crippen LogP contribution is -2.27. The fourth-order valence-electron chi connectivity index (χ4n) is 3.08. The van der Waals surface area contributed by atoms with Crippen LogP contribution >= 0.6 is 0 Å². The third-order valence-corrected chi connectivity index (χ3v) is 4.63. The molecule has 1 fully saturated rings. The van der Waals surface area contributed by atoms with Crippen molar-refractivity contribution in [3.05, 3.63) is 78.1 Å². The number of hydrogen-bond donors (Lipinski definition) is 1. The lowest BCUT2D eigenvalue weighted by molar-refractivity contribution is 0.0792. The maximum atomic E-state index is 12.4. The first-order chi connectivity index (χ1) is 14.2. The molecule has 1 saturated heterocycles. The van der Waals surface area contributed by atoms with Gasteiger partial charge in [0.2, 0.25) is 0 Å². The molecule has 4 rings (SSSR count). The molecule has 7 nitrogen and oxygen atoms in total. The fourth-order valence-corrected chi connectivity index (χ4v) is 3.08. The third kappa shape index (κ3) is 4.57. The van der Waals surface area contributed by atoms with Crippen LogP contribution in [0.5, 0.6) is 11.8 Å². The van der Waals surface area contributed by atoms with E-state index in [0.29, 0.717) is 22.6 Å². The number of ether oxygens (including phenoxy) is 1. The molecule has 7 heteroatoms. The summed E-state index contributed by atoms with van der Waals surface area (Å²) in [5, 5.41) is 2.78. The van der Waals surface area contributed by atoms with Crippen molar-refractivity contribution in [3.63, 3.8) is 0 Å². The lowest BCUT2D eigenvalue weighted by Gasteiger charge is -2.15. The van der Waals surface area contributed by atoms with Gasteiger partial charge in [-0.05, 0) is 49.2 Å². The molecule has 0 saturated carbocycles. The Morgan fingerprint density at radius 3 is 2.17 bits per heavy atom. The summed E-state index contributed by atoms with van der Waals surface area (Å²) in [4.78, 5) is 34.8. The Balaban J connectivity index is 1.36. The van der Waals surface area contributed by atoms with Crippen LogP contribution in [0.25, 0.3) is 0 Å². The van der Waals surface area contributed by atoms with E-state index in [9.17, 15) is 9.59 Å². The van der Waals surface area contributed by atoms with Crippen molar-refractivity contribution in [2.24, 2.45) is 0 Å². The quantitative estimate of drug-likeness (QED) is 0.719. The molecule has 0 bridgehead atoms. The van der Waals surface area contributed by atoms with Gasteiger partial charge in [0.25, 0.3) is 11.8 Å². The second-order valence-corrected chi connectivity index (χ2v) is 6.70. The van der Waals surface area contributed by atoms with Gasteiger partial charge in [0.1, 0.15) is 5.75 Å². The van der Waals surface area contributed by atoms with E-state index in [0.717, 1.165) is 25.9 Å². The molecule has 29 heavy (non-hydrogen) atoms. The summed E-state index contributed by atoms with van der Waals surface area (Å²) in [6, 6.07) is 16.2. The van der Waals surface area contributed by atoms with E-state index in [-0.39, 0.29) is 17.8 Å². The first-order valence-corrected chi connectivity index (χ1v) is 9.45. The number of nitrogens with zero attached hydrogens (tertiary/aromatic N) is 3. The molecule has 2 amide bonds. The van der Waals surface area contributed by atoms with E-state index in [1.807, 2.05) is 23.1 Å². The Kier molecular flexibility index (Phi) is 5.47. The fraction of sp³-hybridized carbons (Fsp3) is 0.182. The maximum absolute atomic E-state index is 12.4. The lowest BCUT2D eigenvalue weighted by atomic mass is 10.2. The normalized spacial score (nSPS) is 13.2. The first-order valence-electron chi connectivity index (χ1n) is 9.45. The highest BCUT2D eigenvalue weighted by Crippen LogP contribution is 2.18. The highest BCUT2D eigenvalue weighted by atomic mass is 16.5. The van der Waals surface area contributed by atoms with Crippen LogP contribution in [0, 0.1) is 0 Å². The molecule has 2 aromatic carbocycles. The van der Waals surface area contributed by atoms with Crippen LogP contribution in [0.1, 0.15) is 33.6 Å². The molecule has 0 aliphatic carbocycles. The minimum Gasteiger partial charge on any atom is -0.424 e. The first kappa shape index (κ1) is 18.6. The number of benzene rings is 2. The summed E-state index contributed by atoms with van der Waals surface area (Å²) in [5.41, 5.74) is 1.52. The predicted molar refractivity (Wildman–Crippen MR) is 108 cm³/mol. The Morgan fingerprint density at radius 2 is 1.52 bits per heavy atom. The zero-order chi connectivity index (χ0) is 20.1. The van der Waals surface area contributed by atoms with Crippen molar-refractivity contribution < 1.29 is 14.3 Å². The number of likely N-dealkylation sites (tertiary alicyclic amines) is 1. The zero-order valence-corrected chi connectivity index (χ0v) is 15.7. The van der Waals surface area contributed by atoms with Gasteiger partial charge in [-0.3, -0.25) is 9.59 Å². The van der Waals surface area contributed by atoms with Crippen molar-refractivity contribution in [3.8, 4) is 11.8 Å². The van der Waals surface area contributed by atoms with Crippen LogP contribution < -0.4 is 10.1 Å². The van der Waals surface area contributed by atoms with E-state index < -0.39 is 0 Å². The van der Waals surface area contributed by atoms with Gasteiger partial charge in [-0.2, -0.15) is 0 Å². The predicted octanol–water partition coefficient (Wildman–Crippen LogP) is 3.76. The van der Waals surface area contributed by atoms with Crippen molar-refractivity contribution >= 4 is 17.5 Å². The van der Waals surface area contributed by atoms with Gasteiger partial charge < -0.3 is 15.0 Å². The summed E-state index contributed by atoms with van der Waals surface area (Å²) in [7, 11) is 0. The Labute approximate surface area is 168 Å². The highest BCUT2D eigenvalue weighted by molar-refractivity contribution is 6.04. The largest absolute Gasteiger partial charge is 0.424 e. The second-order valence-electron chi connectivity index (χ2n) is 6.70. The molecule has 0 radical (unpaired) electrons. The van der Waals surface area contributed by atoms with Crippen LogP contribution in [0.15, 0.2) is 67.0 Å². The molecule has 2 heterocycles. The van der Waals surface area contributed by atoms with E-state index in [4.69, 9.17) is 4.74 Å². The average molecular weight is 388 g/mol. The molecule has 1 aliphatic rings. The molecular weight excluding hydrogens is 368 g/mol. The number of rotatable bonds is 5. The van der Waals surface area contributed by atoms with Crippen molar-refractivity contribution in [2.75, 3.05) is 18.4 Å². The second kappa shape index (κ2) is 8.52. The van der Waals surface area contributed by atoms with Crippen molar-refractivity contribution in [1.29, 1.82) is 0 Å². The number of amides is 2. The number of nitrogens with one attached hydrogen (secondary N) is 1. The van der Waals surface area contributed by atoms with E-state index in [1.165, 1.54) is 12.4 Å². The Hall–Kier alpha value is -3.74. The minimum atomic E-state index is -0.338. The SMILES string of the molecule is O=C(Nc1ccc(C(=O)N2CCCC2)cc1)c1cnc(Oc2ccccc2)nc1. The number of aromatic nitrogens is 2. The smallest absolute Gasteiger partial charge is 0.321 e. The molecule has 0 unspecified atom stereocenters. The van der Waals surface area contributed by atoms with Crippen LogP contribution in [0.3, 0.4) is 0 Å². The number of hydrogen-bond acceptors (Lipinski definition) is 5. The number of anilines is 1. The molecule has 1 aromatic heterocycles. The van der Waals surface area contributed by atoms with Crippen LogP contribution in [0.2, 0.25) is 0 Å². The number of para-hydroxylation sites is 1. The molecular formula is C22H20N4O3. The Bertz CT molecular complexity index is 983. The molecule has 3 aromatic rings. The van der Waals surface area contributed by atoms with Gasteiger partial charge in [-0.1, -0.05) is 18.2 Å². The van der Waals surface area contributed by atoms with Crippen LogP contribution in [-0.4, -0.2) is 39.8 Å². The molecule has 146 valence electrons. The average Bonchev–Trinajstić information content (AvgIpc) is 3.30. The Morgan fingerprint density at radius 1 is 0.862 bits per heavy atom. The monoisotopic (exact) mass is 388 g/mol. The minimum absolute atomic E-state index is 0.0304. The maximum Gasteiger partial charge on any atom is 0.321 e. The van der Waals surface area contributed by atoms with E-state index in [1.54, 1.807) is 36.4 Å².